The number of carbonyl (C=O) groups excluding carboxylic acids is 2. The number of allylic oxidation sites excluding steroid dienone is 1. The summed E-state index contributed by atoms with van der Waals surface area (Å²) in [6.07, 6.45) is 3.17. The standard InChI is InChI=1S/C7H11NO2/c1-3-7(10)4-5-8-6(2)9/h4-5H,3H2,1-2H3,(H,8,9). The van der Waals surface area contributed by atoms with E-state index in [1.54, 1.807) is 6.92 Å². The fraction of sp³-hybridized carbons (Fsp3) is 0.429. The average molecular weight is 141 g/mol. The van der Waals surface area contributed by atoms with Crippen LogP contribution in [0.15, 0.2) is 12.3 Å². The van der Waals surface area contributed by atoms with Crippen LogP contribution < -0.4 is 5.32 Å². The third kappa shape index (κ3) is 5.03. The minimum Gasteiger partial charge on any atom is -0.333 e. The van der Waals surface area contributed by atoms with E-state index in [-0.39, 0.29) is 11.7 Å². The molecular weight excluding hydrogens is 130 g/mol. The van der Waals surface area contributed by atoms with Crippen molar-refractivity contribution in [3.63, 3.8) is 0 Å². The SMILES string of the molecule is CCC(=O)C=CNC(C)=O. The van der Waals surface area contributed by atoms with E-state index in [2.05, 4.69) is 5.32 Å². The molecule has 0 spiro atoms. The second-order valence-corrected chi connectivity index (χ2v) is 1.85. The van der Waals surface area contributed by atoms with Gasteiger partial charge in [0.15, 0.2) is 5.78 Å². The van der Waals surface area contributed by atoms with Crippen molar-refractivity contribution in [2.24, 2.45) is 0 Å². The summed E-state index contributed by atoms with van der Waals surface area (Å²) in [6, 6.07) is 0. The van der Waals surface area contributed by atoms with Crippen molar-refractivity contribution >= 4 is 11.7 Å². The van der Waals surface area contributed by atoms with Gasteiger partial charge in [-0.2, -0.15) is 0 Å². The van der Waals surface area contributed by atoms with E-state index in [0.29, 0.717) is 6.42 Å². The Kier molecular flexibility index (Phi) is 4.20. The molecule has 0 aromatic heterocycles. The van der Waals surface area contributed by atoms with Gasteiger partial charge in [-0.25, -0.2) is 0 Å². The van der Waals surface area contributed by atoms with Gasteiger partial charge in [-0.3, -0.25) is 9.59 Å². The number of nitrogens with one attached hydrogen (secondary N) is 1. The molecular formula is C7H11NO2. The number of hydrogen-bond donors (Lipinski definition) is 1. The Morgan fingerprint density at radius 2 is 2.10 bits per heavy atom. The lowest BCUT2D eigenvalue weighted by molar-refractivity contribution is -0.118. The zero-order valence-electron chi connectivity index (χ0n) is 6.18. The Labute approximate surface area is 60.1 Å². The maximum Gasteiger partial charge on any atom is 0.220 e. The predicted octanol–water partition coefficient (Wildman–Crippen LogP) is 0.615. The zero-order chi connectivity index (χ0) is 7.98. The Hall–Kier alpha value is -1.12. The quantitative estimate of drug-likeness (QED) is 0.585. The van der Waals surface area contributed by atoms with Crippen LogP contribution in [-0.2, 0) is 9.59 Å². The average Bonchev–Trinajstić information content (AvgIpc) is 1.87. The molecule has 0 bridgehead atoms. The van der Waals surface area contributed by atoms with Gasteiger partial charge in [0.25, 0.3) is 0 Å². The van der Waals surface area contributed by atoms with Crippen LogP contribution in [-0.4, -0.2) is 11.7 Å². The van der Waals surface area contributed by atoms with Crippen LogP contribution in [0.3, 0.4) is 0 Å². The molecule has 0 aliphatic carbocycles. The molecule has 0 radical (unpaired) electrons. The summed E-state index contributed by atoms with van der Waals surface area (Å²) in [5, 5.41) is 2.37. The van der Waals surface area contributed by atoms with E-state index in [9.17, 15) is 9.59 Å². The van der Waals surface area contributed by atoms with Gasteiger partial charge in [-0.15, -0.1) is 0 Å². The molecule has 0 aromatic carbocycles. The first kappa shape index (κ1) is 8.88. The van der Waals surface area contributed by atoms with Gasteiger partial charge in [-0.05, 0) is 6.08 Å². The highest BCUT2D eigenvalue weighted by molar-refractivity contribution is 5.89. The first-order valence-electron chi connectivity index (χ1n) is 3.13. The summed E-state index contributed by atoms with van der Waals surface area (Å²) in [4.78, 5) is 20.8. The summed E-state index contributed by atoms with van der Waals surface area (Å²) in [5.74, 6) is -0.158. The Balaban J connectivity index is 3.56. The van der Waals surface area contributed by atoms with Crippen LogP contribution >= 0.6 is 0 Å². The molecule has 56 valence electrons. The first-order chi connectivity index (χ1) is 4.66. The van der Waals surface area contributed by atoms with E-state index in [0.717, 1.165) is 0 Å². The molecule has 0 aliphatic heterocycles. The van der Waals surface area contributed by atoms with Crippen molar-refractivity contribution < 1.29 is 9.59 Å². The summed E-state index contributed by atoms with van der Waals surface area (Å²) in [6.45, 7) is 3.15. The van der Waals surface area contributed by atoms with E-state index in [4.69, 9.17) is 0 Å². The zero-order valence-corrected chi connectivity index (χ0v) is 6.18. The van der Waals surface area contributed by atoms with Gasteiger partial charge in [0.05, 0.1) is 0 Å². The number of carbonyl (C=O) groups is 2. The molecule has 0 rings (SSSR count). The fourth-order valence-electron chi connectivity index (χ4n) is 0.370. The smallest absolute Gasteiger partial charge is 0.220 e. The van der Waals surface area contributed by atoms with E-state index in [1.807, 2.05) is 0 Å². The van der Waals surface area contributed by atoms with E-state index in [1.165, 1.54) is 19.2 Å². The Morgan fingerprint density at radius 3 is 2.50 bits per heavy atom. The third-order valence-corrected chi connectivity index (χ3v) is 0.904. The lowest BCUT2D eigenvalue weighted by atomic mass is 10.3. The topological polar surface area (TPSA) is 46.2 Å². The molecule has 3 heteroatoms. The number of amides is 1. The highest BCUT2D eigenvalue weighted by Crippen LogP contribution is 1.80. The number of hydrogen-bond acceptors (Lipinski definition) is 2. The first-order valence-corrected chi connectivity index (χ1v) is 3.13. The lowest BCUT2D eigenvalue weighted by Gasteiger charge is -1.88. The van der Waals surface area contributed by atoms with Crippen molar-refractivity contribution in [1.29, 1.82) is 0 Å². The molecule has 0 heterocycles. The lowest BCUT2D eigenvalue weighted by Crippen LogP contribution is -2.12. The molecule has 0 atom stereocenters. The summed E-state index contributed by atoms with van der Waals surface area (Å²) in [7, 11) is 0. The van der Waals surface area contributed by atoms with Crippen LogP contribution in [0.25, 0.3) is 0 Å². The van der Waals surface area contributed by atoms with Gasteiger partial charge < -0.3 is 5.32 Å². The van der Waals surface area contributed by atoms with Crippen molar-refractivity contribution in [2.45, 2.75) is 20.3 Å². The summed E-state index contributed by atoms with van der Waals surface area (Å²) >= 11 is 0. The molecule has 3 nitrogen and oxygen atoms in total. The second kappa shape index (κ2) is 4.73. The Morgan fingerprint density at radius 1 is 1.50 bits per heavy atom. The number of ketones is 1. The minimum absolute atomic E-state index is 0.00810. The molecule has 1 N–H and O–H groups in total. The third-order valence-electron chi connectivity index (χ3n) is 0.904. The van der Waals surface area contributed by atoms with Gasteiger partial charge in [0, 0.05) is 19.5 Å². The van der Waals surface area contributed by atoms with Gasteiger partial charge in [0.1, 0.15) is 0 Å². The van der Waals surface area contributed by atoms with Crippen LogP contribution in [0.2, 0.25) is 0 Å². The van der Waals surface area contributed by atoms with Gasteiger partial charge >= 0.3 is 0 Å². The second-order valence-electron chi connectivity index (χ2n) is 1.85. The maximum atomic E-state index is 10.6. The molecule has 10 heavy (non-hydrogen) atoms. The van der Waals surface area contributed by atoms with Crippen molar-refractivity contribution in [1.82, 2.24) is 5.32 Å². The molecule has 0 fully saturated rings. The fourth-order valence-corrected chi connectivity index (χ4v) is 0.370. The van der Waals surface area contributed by atoms with Crippen LogP contribution in [0, 0.1) is 0 Å². The van der Waals surface area contributed by atoms with Crippen LogP contribution in [0.1, 0.15) is 20.3 Å². The largest absolute Gasteiger partial charge is 0.333 e. The van der Waals surface area contributed by atoms with Crippen molar-refractivity contribution in [2.75, 3.05) is 0 Å². The van der Waals surface area contributed by atoms with Gasteiger partial charge in [-0.1, -0.05) is 6.92 Å². The highest BCUT2D eigenvalue weighted by atomic mass is 16.1. The Bertz CT molecular complexity index is 161. The van der Waals surface area contributed by atoms with Crippen LogP contribution in [0.4, 0.5) is 0 Å². The van der Waals surface area contributed by atoms with E-state index < -0.39 is 0 Å². The predicted molar refractivity (Wildman–Crippen MR) is 38.3 cm³/mol. The minimum atomic E-state index is -0.167. The highest BCUT2D eigenvalue weighted by Gasteiger charge is 1.88. The van der Waals surface area contributed by atoms with Gasteiger partial charge in [0.2, 0.25) is 5.91 Å². The normalized spacial score (nSPS) is 9.80. The van der Waals surface area contributed by atoms with Crippen molar-refractivity contribution in [3.8, 4) is 0 Å². The molecule has 0 aromatic rings. The molecule has 0 unspecified atom stereocenters. The summed E-state index contributed by atoms with van der Waals surface area (Å²) < 4.78 is 0. The maximum absolute atomic E-state index is 10.6. The molecule has 0 aliphatic rings. The summed E-state index contributed by atoms with van der Waals surface area (Å²) in [5.41, 5.74) is 0. The molecule has 0 saturated heterocycles. The molecule has 0 saturated carbocycles. The van der Waals surface area contributed by atoms with E-state index >= 15 is 0 Å². The monoisotopic (exact) mass is 141 g/mol. The van der Waals surface area contributed by atoms with Crippen molar-refractivity contribution in [3.05, 3.63) is 12.3 Å². The molecule has 1 amide bonds. The van der Waals surface area contributed by atoms with Crippen LogP contribution in [0.5, 0.6) is 0 Å². The number of rotatable bonds is 3.